The number of hydrogen-bond acceptors (Lipinski definition) is 3. The fourth-order valence-electron chi connectivity index (χ4n) is 2.19. The zero-order chi connectivity index (χ0) is 13.7. The normalized spacial score (nSPS) is 21.5. The highest BCUT2D eigenvalue weighted by atomic mass is 32.2. The first-order chi connectivity index (χ1) is 9.22. The summed E-state index contributed by atoms with van der Waals surface area (Å²) in [6.07, 6.45) is 2.00. The minimum absolute atomic E-state index is 0.0444. The molecule has 0 saturated carbocycles. The van der Waals surface area contributed by atoms with E-state index in [1.54, 1.807) is 11.8 Å². The summed E-state index contributed by atoms with van der Waals surface area (Å²) in [5.41, 5.74) is 0.994. The largest absolute Gasteiger partial charge is 0.396 e. The van der Waals surface area contributed by atoms with Crippen molar-refractivity contribution in [1.82, 2.24) is 0 Å². The van der Waals surface area contributed by atoms with E-state index in [0.717, 1.165) is 30.8 Å². The number of rotatable bonds is 5. The summed E-state index contributed by atoms with van der Waals surface area (Å²) >= 11 is 1.69. The molecule has 4 heteroatoms. The van der Waals surface area contributed by atoms with Gasteiger partial charge in [0.2, 0.25) is 5.91 Å². The van der Waals surface area contributed by atoms with Gasteiger partial charge in [-0.3, -0.25) is 4.79 Å². The van der Waals surface area contributed by atoms with Gasteiger partial charge in [-0.05, 0) is 36.6 Å². The Labute approximate surface area is 119 Å². The number of hydrogen-bond donors (Lipinski definition) is 1. The minimum Gasteiger partial charge on any atom is -0.396 e. The number of para-hydroxylation sites is 1. The summed E-state index contributed by atoms with van der Waals surface area (Å²) in [4.78, 5) is 14.4. The number of benzene rings is 1. The van der Waals surface area contributed by atoms with Crippen molar-refractivity contribution in [3.05, 3.63) is 30.3 Å². The standard InChI is InChI=1S/C15H21NO2S/c1-12(10-17)11-19-14-8-5-9-16(15(14)18)13-6-3-2-4-7-13/h2-4,6-7,12,14,17H,5,8-11H2,1H3/t12-,14+/m0/s1. The van der Waals surface area contributed by atoms with Gasteiger partial charge < -0.3 is 10.0 Å². The Bertz CT molecular complexity index is 410. The predicted octanol–water partition coefficient (Wildman–Crippen LogP) is 2.54. The third-order valence-electron chi connectivity index (χ3n) is 3.35. The van der Waals surface area contributed by atoms with Crippen molar-refractivity contribution < 1.29 is 9.90 Å². The second-order valence-electron chi connectivity index (χ2n) is 5.08. The summed E-state index contributed by atoms with van der Waals surface area (Å²) in [5.74, 6) is 1.31. The van der Waals surface area contributed by atoms with Crippen LogP contribution in [-0.4, -0.2) is 35.2 Å². The summed E-state index contributed by atoms with van der Waals surface area (Å²) in [5, 5.41) is 9.10. The Morgan fingerprint density at radius 2 is 2.16 bits per heavy atom. The molecule has 1 aromatic rings. The summed E-state index contributed by atoms with van der Waals surface area (Å²) < 4.78 is 0. The number of carbonyl (C=O) groups is 1. The number of piperidine rings is 1. The molecule has 1 saturated heterocycles. The van der Waals surface area contributed by atoms with Crippen molar-refractivity contribution in [1.29, 1.82) is 0 Å². The van der Waals surface area contributed by atoms with Crippen LogP contribution in [0, 0.1) is 5.92 Å². The van der Waals surface area contributed by atoms with Gasteiger partial charge in [0, 0.05) is 18.8 Å². The lowest BCUT2D eigenvalue weighted by Gasteiger charge is -2.32. The fourth-order valence-corrected chi connectivity index (χ4v) is 3.46. The molecule has 2 rings (SSSR count). The van der Waals surface area contributed by atoms with Crippen LogP contribution in [0.2, 0.25) is 0 Å². The van der Waals surface area contributed by atoms with Gasteiger partial charge in [0.1, 0.15) is 0 Å². The van der Waals surface area contributed by atoms with Crippen LogP contribution in [0.4, 0.5) is 5.69 Å². The van der Waals surface area contributed by atoms with Crippen molar-refractivity contribution in [2.24, 2.45) is 5.92 Å². The quantitative estimate of drug-likeness (QED) is 0.900. The van der Waals surface area contributed by atoms with Gasteiger partial charge in [-0.15, -0.1) is 11.8 Å². The number of amides is 1. The molecule has 1 aliphatic rings. The first-order valence-corrected chi connectivity index (χ1v) is 7.86. The molecule has 19 heavy (non-hydrogen) atoms. The van der Waals surface area contributed by atoms with Crippen molar-refractivity contribution in [3.63, 3.8) is 0 Å². The van der Waals surface area contributed by atoms with Crippen molar-refractivity contribution in [2.75, 3.05) is 23.8 Å². The van der Waals surface area contributed by atoms with E-state index >= 15 is 0 Å². The van der Waals surface area contributed by atoms with Crippen molar-refractivity contribution in [3.8, 4) is 0 Å². The maximum Gasteiger partial charge on any atom is 0.240 e. The van der Waals surface area contributed by atoms with Gasteiger partial charge in [0.15, 0.2) is 0 Å². The molecular weight excluding hydrogens is 258 g/mol. The van der Waals surface area contributed by atoms with E-state index in [1.807, 2.05) is 42.2 Å². The molecule has 0 aliphatic carbocycles. The van der Waals surface area contributed by atoms with E-state index in [1.165, 1.54) is 0 Å². The lowest BCUT2D eigenvalue weighted by atomic mass is 10.1. The minimum atomic E-state index is 0.0444. The average molecular weight is 279 g/mol. The molecule has 1 N–H and O–H groups in total. The molecule has 1 heterocycles. The van der Waals surface area contributed by atoms with Crippen LogP contribution in [0.1, 0.15) is 19.8 Å². The van der Waals surface area contributed by atoms with Gasteiger partial charge >= 0.3 is 0 Å². The highest BCUT2D eigenvalue weighted by Gasteiger charge is 2.29. The van der Waals surface area contributed by atoms with Crippen molar-refractivity contribution in [2.45, 2.75) is 25.0 Å². The topological polar surface area (TPSA) is 40.5 Å². The summed E-state index contributed by atoms with van der Waals surface area (Å²) in [6, 6.07) is 9.87. The molecule has 1 aromatic carbocycles. The molecular formula is C15H21NO2S. The molecule has 1 fully saturated rings. The predicted molar refractivity (Wildman–Crippen MR) is 80.5 cm³/mol. The Balaban J connectivity index is 1.98. The molecule has 0 radical (unpaired) electrons. The van der Waals surface area contributed by atoms with Gasteiger partial charge in [0.05, 0.1) is 5.25 Å². The third kappa shape index (κ3) is 3.74. The summed E-state index contributed by atoms with van der Waals surface area (Å²) in [6.45, 7) is 3.01. The highest BCUT2D eigenvalue weighted by Crippen LogP contribution is 2.28. The van der Waals surface area contributed by atoms with Gasteiger partial charge in [-0.1, -0.05) is 25.1 Å². The van der Waals surface area contributed by atoms with Crippen LogP contribution in [0.3, 0.4) is 0 Å². The SMILES string of the molecule is C[C@@H](CO)CS[C@@H]1CCCN(c2ccccc2)C1=O. The Hall–Kier alpha value is -1.00. The van der Waals surface area contributed by atoms with Gasteiger partial charge in [-0.25, -0.2) is 0 Å². The van der Waals surface area contributed by atoms with Crippen LogP contribution in [0.5, 0.6) is 0 Å². The number of carbonyl (C=O) groups excluding carboxylic acids is 1. The Morgan fingerprint density at radius 1 is 1.42 bits per heavy atom. The molecule has 0 bridgehead atoms. The van der Waals surface area contributed by atoms with Crippen LogP contribution >= 0.6 is 11.8 Å². The van der Waals surface area contributed by atoms with E-state index in [2.05, 4.69) is 0 Å². The van der Waals surface area contributed by atoms with Crippen LogP contribution < -0.4 is 4.90 Å². The maximum absolute atomic E-state index is 12.5. The Morgan fingerprint density at radius 3 is 2.84 bits per heavy atom. The monoisotopic (exact) mass is 279 g/mol. The molecule has 104 valence electrons. The number of aliphatic hydroxyl groups is 1. The molecule has 0 aromatic heterocycles. The Kier molecular flexibility index (Phi) is 5.28. The van der Waals surface area contributed by atoms with E-state index in [-0.39, 0.29) is 23.7 Å². The lowest BCUT2D eigenvalue weighted by Crippen LogP contribution is -2.43. The summed E-state index contributed by atoms with van der Waals surface area (Å²) in [7, 11) is 0. The highest BCUT2D eigenvalue weighted by molar-refractivity contribution is 8.00. The fraction of sp³-hybridized carbons (Fsp3) is 0.533. The first-order valence-electron chi connectivity index (χ1n) is 6.81. The third-order valence-corrected chi connectivity index (χ3v) is 4.95. The zero-order valence-electron chi connectivity index (χ0n) is 11.3. The first kappa shape index (κ1) is 14.4. The number of anilines is 1. The van der Waals surface area contributed by atoms with E-state index in [9.17, 15) is 4.79 Å². The van der Waals surface area contributed by atoms with E-state index in [4.69, 9.17) is 5.11 Å². The van der Waals surface area contributed by atoms with Crippen LogP contribution in [0.25, 0.3) is 0 Å². The second kappa shape index (κ2) is 6.96. The molecule has 0 unspecified atom stereocenters. The number of aliphatic hydroxyl groups excluding tert-OH is 1. The molecule has 1 amide bonds. The van der Waals surface area contributed by atoms with Crippen LogP contribution in [-0.2, 0) is 4.79 Å². The van der Waals surface area contributed by atoms with Gasteiger partial charge in [-0.2, -0.15) is 0 Å². The number of thioether (sulfide) groups is 1. The zero-order valence-corrected chi connectivity index (χ0v) is 12.1. The molecule has 2 atom stereocenters. The molecule has 0 spiro atoms. The second-order valence-corrected chi connectivity index (χ2v) is 6.31. The molecule has 1 aliphatic heterocycles. The average Bonchev–Trinajstić information content (AvgIpc) is 2.46. The van der Waals surface area contributed by atoms with Gasteiger partial charge in [0.25, 0.3) is 0 Å². The molecule has 3 nitrogen and oxygen atoms in total. The number of nitrogens with zero attached hydrogens (tertiary/aromatic N) is 1. The van der Waals surface area contributed by atoms with Crippen molar-refractivity contribution >= 4 is 23.4 Å². The lowest BCUT2D eigenvalue weighted by molar-refractivity contribution is -0.119. The van der Waals surface area contributed by atoms with Crippen LogP contribution in [0.15, 0.2) is 30.3 Å². The van der Waals surface area contributed by atoms with E-state index < -0.39 is 0 Å². The van der Waals surface area contributed by atoms with E-state index in [0.29, 0.717) is 0 Å². The smallest absolute Gasteiger partial charge is 0.240 e. The maximum atomic E-state index is 12.5.